The Balaban J connectivity index is 1.62. The van der Waals surface area contributed by atoms with E-state index < -0.39 is 27.6 Å². The fourth-order valence-electron chi connectivity index (χ4n) is 3.49. The first kappa shape index (κ1) is 21.4. The molecular formula is C22H17ClF2N2O3S. The van der Waals surface area contributed by atoms with Crippen LogP contribution < -0.4 is 5.32 Å². The van der Waals surface area contributed by atoms with E-state index in [0.29, 0.717) is 19.0 Å². The van der Waals surface area contributed by atoms with Crippen LogP contribution in [0.25, 0.3) is 0 Å². The monoisotopic (exact) mass is 462 g/mol. The molecule has 1 heterocycles. The molecule has 5 nitrogen and oxygen atoms in total. The van der Waals surface area contributed by atoms with Crippen molar-refractivity contribution in [2.75, 3.05) is 11.9 Å². The van der Waals surface area contributed by atoms with Gasteiger partial charge in [0.1, 0.15) is 11.6 Å². The van der Waals surface area contributed by atoms with E-state index in [0.717, 1.165) is 23.3 Å². The molecule has 4 rings (SSSR count). The van der Waals surface area contributed by atoms with Gasteiger partial charge in [0.05, 0.1) is 15.5 Å². The summed E-state index contributed by atoms with van der Waals surface area (Å²) in [6, 6.07) is 14.0. The Morgan fingerprint density at radius 2 is 1.65 bits per heavy atom. The molecule has 1 amide bonds. The molecule has 3 aromatic carbocycles. The molecule has 9 heteroatoms. The number of benzene rings is 3. The van der Waals surface area contributed by atoms with Crippen molar-refractivity contribution in [3.63, 3.8) is 0 Å². The predicted octanol–water partition coefficient (Wildman–Crippen LogP) is 4.62. The summed E-state index contributed by atoms with van der Waals surface area (Å²) in [7, 11) is -3.89. The minimum atomic E-state index is -3.89. The lowest BCUT2D eigenvalue weighted by Crippen LogP contribution is -2.36. The third-order valence-corrected chi connectivity index (χ3v) is 7.21. The van der Waals surface area contributed by atoms with Crippen LogP contribution in [0.15, 0.2) is 65.6 Å². The molecule has 1 aliphatic rings. The van der Waals surface area contributed by atoms with Gasteiger partial charge in [0, 0.05) is 24.8 Å². The van der Waals surface area contributed by atoms with Gasteiger partial charge < -0.3 is 5.32 Å². The van der Waals surface area contributed by atoms with E-state index in [4.69, 9.17) is 11.6 Å². The van der Waals surface area contributed by atoms with Gasteiger partial charge in [-0.15, -0.1) is 0 Å². The number of nitrogens with one attached hydrogen (secondary N) is 1. The van der Waals surface area contributed by atoms with E-state index in [9.17, 15) is 22.0 Å². The molecule has 0 saturated heterocycles. The van der Waals surface area contributed by atoms with Gasteiger partial charge in [0.2, 0.25) is 10.0 Å². The van der Waals surface area contributed by atoms with E-state index in [2.05, 4.69) is 5.32 Å². The molecule has 31 heavy (non-hydrogen) atoms. The number of carbonyl (C=O) groups excluding carboxylic acids is 1. The third kappa shape index (κ3) is 4.46. The molecule has 0 radical (unpaired) electrons. The van der Waals surface area contributed by atoms with Gasteiger partial charge in [-0.25, -0.2) is 17.2 Å². The molecule has 0 aromatic heterocycles. The lowest BCUT2D eigenvalue weighted by Gasteiger charge is -2.28. The van der Waals surface area contributed by atoms with Crippen molar-refractivity contribution in [1.29, 1.82) is 0 Å². The number of halogens is 3. The molecule has 0 atom stereocenters. The van der Waals surface area contributed by atoms with Gasteiger partial charge in [-0.2, -0.15) is 4.31 Å². The Morgan fingerprint density at radius 1 is 0.968 bits per heavy atom. The zero-order valence-electron chi connectivity index (χ0n) is 16.1. The number of nitrogens with zero attached hydrogens (tertiary/aromatic N) is 1. The van der Waals surface area contributed by atoms with E-state index in [1.165, 1.54) is 22.5 Å². The Bertz CT molecular complexity index is 1260. The van der Waals surface area contributed by atoms with E-state index in [1.807, 2.05) is 24.3 Å². The van der Waals surface area contributed by atoms with Crippen LogP contribution in [0.2, 0.25) is 5.02 Å². The molecular weight excluding hydrogens is 446 g/mol. The number of hydrogen-bond acceptors (Lipinski definition) is 3. The minimum absolute atomic E-state index is 0.0114. The van der Waals surface area contributed by atoms with E-state index in [-0.39, 0.29) is 27.7 Å². The molecule has 3 aromatic rings. The normalized spacial score (nSPS) is 14.2. The highest BCUT2D eigenvalue weighted by Gasteiger charge is 2.29. The van der Waals surface area contributed by atoms with Crippen LogP contribution in [0.5, 0.6) is 0 Å². The second kappa shape index (κ2) is 8.37. The number of hydrogen-bond donors (Lipinski definition) is 1. The third-order valence-electron chi connectivity index (χ3n) is 5.04. The van der Waals surface area contributed by atoms with Crippen LogP contribution in [-0.4, -0.2) is 25.2 Å². The Labute approximate surface area is 183 Å². The number of amides is 1. The molecule has 160 valence electrons. The molecule has 1 N–H and O–H groups in total. The topological polar surface area (TPSA) is 66.5 Å². The maximum Gasteiger partial charge on any atom is 0.257 e. The molecule has 0 bridgehead atoms. The highest BCUT2D eigenvalue weighted by Crippen LogP contribution is 2.28. The Morgan fingerprint density at radius 3 is 2.35 bits per heavy atom. The second-order valence-corrected chi connectivity index (χ2v) is 9.46. The summed E-state index contributed by atoms with van der Waals surface area (Å²) < 4.78 is 54.5. The number of anilines is 1. The highest BCUT2D eigenvalue weighted by molar-refractivity contribution is 7.89. The second-order valence-electron chi connectivity index (χ2n) is 7.11. The first-order chi connectivity index (χ1) is 14.7. The zero-order chi connectivity index (χ0) is 22.2. The van der Waals surface area contributed by atoms with Gasteiger partial charge in [0.25, 0.3) is 5.91 Å². The number of sulfonamides is 1. The smallest absolute Gasteiger partial charge is 0.257 e. The summed E-state index contributed by atoms with van der Waals surface area (Å²) in [4.78, 5) is 12.5. The van der Waals surface area contributed by atoms with E-state index >= 15 is 0 Å². The zero-order valence-corrected chi connectivity index (χ0v) is 17.7. The van der Waals surface area contributed by atoms with Crippen molar-refractivity contribution >= 4 is 33.2 Å². The van der Waals surface area contributed by atoms with Gasteiger partial charge in [-0.05, 0) is 47.9 Å². The highest BCUT2D eigenvalue weighted by atomic mass is 35.5. The first-order valence-corrected chi connectivity index (χ1v) is 11.2. The van der Waals surface area contributed by atoms with Crippen LogP contribution in [-0.2, 0) is 23.0 Å². The summed E-state index contributed by atoms with van der Waals surface area (Å²) in [5.74, 6) is -2.50. The number of fused-ring (bicyclic) bond motifs is 1. The number of carbonyl (C=O) groups is 1. The van der Waals surface area contributed by atoms with Crippen LogP contribution in [0.3, 0.4) is 0 Å². The van der Waals surface area contributed by atoms with Crippen molar-refractivity contribution in [2.45, 2.75) is 17.9 Å². The summed E-state index contributed by atoms with van der Waals surface area (Å²) >= 11 is 6.11. The van der Waals surface area contributed by atoms with Crippen molar-refractivity contribution in [3.8, 4) is 0 Å². The number of rotatable bonds is 4. The van der Waals surface area contributed by atoms with Crippen molar-refractivity contribution < 1.29 is 22.0 Å². The van der Waals surface area contributed by atoms with Crippen LogP contribution in [0, 0.1) is 11.6 Å². The lowest BCUT2D eigenvalue weighted by atomic mass is 10.0. The summed E-state index contributed by atoms with van der Waals surface area (Å²) in [6.45, 7) is 0.539. The molecule has 0 saturated carbocycles. The fourth-order valence-corrected chi connectivity index (χ4v) is 5.14. The van der Waals surface area contributed by atoms with Crippen LogP contribution in [0.1, 0.15) is 21.5 Å². The quantitative estimate of drug-likeness (QED) is 0.615. The standard InChI is InChI=1S/C22H17ClF2N2O3S/c23-21-6-5-19(12-20(21)22(28)26-18-10-16(24)9-17(25)11-18)31(29,30)27-8-7-14-3-1-2-4-15(14)13-27/h1-6,9-12H,7-8,13H2,(H,26,28). The SMILES string of the molecule is O=C(Nc1cc(F)cc(F)c1)c1cc(S(=O)(=O)N2CCc3ccccc3C2)ccc1Cl. The van der Waals surface area contributed by atoms with Gasteiger partial charge in [-0.1, -0.05) is 35.9 Å². The Kier molecular flexibility index (Phi) is 5.79. The fraction of sp³-hybridized carbons (Fsp3) is 0.136. The Hall–Kier alpha value is -2.81. The average Bonchev–Trinajstić information content (AvgIpc) is 2.72. The largest absolute Gasteiger partial charge is 0.322 e. The summed E-state index contributed by atoms with van der Waals surface area (Å²) in [5.41, 5.74) is 1.80. The lowest BCUT2D eigenvalue weighted by molar-refractivity contribution is 0.102. The molecule has 0 unspecified atom stereocenters. The molecule has 1 aliphatic heterocycles. The molecule has 0 spiro atoms. The van der Waals surface area contributed by atoms with Crippen LogP contribution >= 0.6 is 11.6 Å². The van der Waals surface area contributed by atoms with Gasteiger partial charge in [0.15, 0.2) is 0 Å². The van der Waals surface area contributed by atoms with Crippen molar-refractivity contribution in [1.82, 2.24) is 4.31 Å². The predicted molar refractivity (Wildman–Crippen MR) is 114 cm³/mol. The molecule has 0 aliphatic carbocycles. The first-order valence-electron chi connectivity index (χ1n) is 9.38. The minimum Gasteiger partial charge on any atom is -0.322 e. The van der Waals surface area contributed by atoms with Crippen molar-refractivity contribution in [2.24, 2.45) is 0 Å². The van der Waals surface area contributed by atoms with Gasteiger partial charge >= 0.3 is 0 Å². The maximum atomic E-state index is 13.4. The van der Waals surface area contributed by atoms with Crippen molar-refractivity contribution in [3.05, 3.63) is 94.0 Å². The summed E-state index contributed by atoms with van der Waals surface area (Å²) in [5, 5.41) is 2.35. The van der Waals surface area contributed by atoms with E-state index in [1.54, 1.807) is 0 Å². The maximum absolute atomic E-state index is 13.4. The average molecular weight is 463 g/mol. The van der Waals surface area contributed by atoms with Crippen LogP contribution in [0.4, 0.5) is 14.5 Å². The summed E-state index contributed by atoms with van der Waals surface area (Å²) in [6.07, 6.45) is 0.585. The molecule has 0 fully saturated rings. The van der Waals surface area contributed by atoms with Gasteiger partial charge in [-0.3, -0.25) is 4.79 Å².